The van der Waals surface area contributed by atoms with E-state index in [9.17, 15) is 0 Å². The van der Waals surface area contributed by atoms with Gasteiger partial charge in [-0.05, 0) is 41.3 Å². The second-order valence-electron chi connectivity index (χ2n) is 5.08. The van der Waals surface area contributed by atoms with E-state index in [1.54, 1.807) is 0 Å². The molecule has 0 fully saturated rings. The average molecular weight is 223 g/mol. The second-order valence-corrected chi connectivity index (χ2v) is 5.08. The maximum absolute atomic E-state index is 3.45. The second kappa shape index (κ2) is 3.63. The van der Waals surface area contributed by atoms with Crippen molar-refractivity contribution in [2.24, 2.45) is 0 Å². The summed E-state index contributed by atoms with van der Waals surface area (Å²) in [5.41, 5.74) is 3.91. The number of benzene rings is 2. The maximum atomic E-state index is 3.45. The zero-order valence-corrected chi connectivity index (χ0v) is 10.5. The maximum Gasteiger partial charge on any atom is 0.0465 e. The van der Waals surface area contributed by atoms with Gasteiger partial charge in [0.25, 0.3) is 0 Å². The fourth-order valence-electron chi connectivity index (χ4n) is 2.63. The quantitative estimate of drug-likeness (QED) is 0.612. The fraction of sp³-hybridized carbons (Fsp3) is 0.250. The average Bonchev–Trinajstić information content (AvgIpc) is 2.68. The normalized spacial score (nSPS) is 11.8. The first-order valence-corrected chi connectivity index (χ1v) is 6.18. The van der Waals surface area contributed by atoms with E-state index in [0.29, 0.717) is 5.92 Å². The van der Waals surface area contributed by atoms with Crippen LogP contribution >= 0.6 is 0 Å². The Hall–Kier alpha value is -1.76. The lowest BCUT2D eigenvalue weighted by Crippen LogP contribution is -1.90. The van der Waals surface area contributed by atoms with Crippen molar-refractivity contribution in [3.63, 3.8) is 0 Å². The van der Waals surface area contributed by atoms with Crippen LogP contribution < -0.4 is 0 Å². The van der Waals surface area contributed by atoms with Crippen molar-refractivity contribution in [3.05, 3.63) is 47.7 Å². The van der Waals surface area contributed by atoms with Crippen molar-refractivity contribution in [1.29, 1.82) is 0 Å². The van der Waals surface area contributed by atoms with Gasteiger partial charge in [0, 0.05) is 16.6 Å². The number of aromatic nitrogens is 1. The number of rotatable bonds is 1. The van der Waals surface area contributed by atoms with Crippen molar-refractivity contribution in [3.8, 4) is 0 Å². The highest BCUT2D eigenvalue weighted by Crippen LogP contribution is 2.32. The molecule has 0 bridgehead atoms. The molecule has 0 saturated heterocycles. The third-order valence-corrected chi connectivity index (χ3v) is 3.43. The number of hydrogen-bond donors (Lipinski definition) is 1. The summed E-state index contributed by atoms with van der Waals surface area (Å²) >= 11 is 0. The molecule has 0 aliphatic carbocycles. The van der Waals surface area contributed by atoms with Crippen molar-refractivity contribution >= 4 is 21.7 Å². The molecule has 1 heterocycles. The summed E-state index contributed by atoms with van der Waals surface area (Å²) in [7, 11) is 0. The Kier molecular flexibility index (Phi) is 2.22. The number of aryl methyl sites for hydroxylation is 1. The topological polar surface area (TPSA) is 15.8 Å². The number of nitrogens with one attached hydrogen (secondary N) is 1. The van der Waals surface area contributed by atoms with Gasteiger partial charge < -0.3 is 4.98 Å². The van der Waals surface area contributed by atoms with Gasteiger partial charge >= 0.3 is 0 Å². The standard InChI is InChI=1S/C16H17N/c1-10(2)14-9-16-15(8-11(3)17-16)13-7-5-4-6-12(13)14/h4-10,17H,1-3H3. The minimum absolute atomic E-state index is 0.549. The van der Waals surface area contributed by atoms with E-state index < -0.39 is 0 Å². The molecule has 3 rings (SSSR count). The summed E-state index contributed by atoms with van der Waals surface area (Å²) in [6.45, 7) is 6.62. The Balaban J connectivity index is 2.53. The summed E-state index contributed by atoms with van der Waals surface area (Å²) < 4.78 is 0. The van der Waals surface area contributed by atoms with Crippen molar-refractivity contribution in [1.82, 2.24) is 4.98 Å². The molecule has 0 spiro atoms. The van der Waals surface area contributed by atoms with Crippen molar-refractivity contribution in [2.45, 2.75) is 26.7 Å². The zero-order chi connectivity index (χ0) is 12.0. The van der Waals surface area contributed by atoms with E-state index in [1.807, 2.05) is 0 Å². The molecular weight excluding hydrogens is 206 g/mol. The molecule has 86 valence electrons. The van der Waals surface area contributed by atoms with Crippen LogP contribution in [0.3, 0.4) is 0 Å². The third-order valence-electron chi connectivity index (χ3n) is 3.43. The number of fused-ring (bicyclic) bond motifs is 3. The van der Waals surface area contributed by atoms with E-state index in [-0.39, 0.29) is 0 Å². The largest absolute Gasteiger partial charge is 0.359 e. The van der Waals surface area contributed by atoms with Gasteiger partial charge in [-0.15, -0.1) is 0 Å². The monoisotopic (exact) mass is 223 g/mol. The molecule has 2 aromatic carbocycles. The van der Waals surface area contributed by atoms with Gasteiger partial charge in [-0.3, -0.25) is 0 Å². The van der Waals surface area contributed by atoms with Crippen LogP contribution in [-0.2, 0) is 0 Å². The summed E-state index contributed by atoms with van der Waals surface area (Å²) in [6, 6.07) is 13.2. The van der Waals surface area contributed by atoms with Crippen LogP contribution in [0.25, 0.3) is 21.7 Å². The highest BCUT2D eigenvalue weighted by molar-refractivity contribution is 6.08. The van der Waals surface area contributed by atoms with Crippen LogP contribution in [0.1, 0.15) is 31.0 Å². The van der Waals surface area contributed by atoms with Crippen LogP contribution in [0.2, 0.25) is 0 Å². The van der Waals surface area contributed by atoms with Crippen molar-refractivity contribution < 1.29 is 0 Å². The van der Waals surface area contributed by atoms with E-state index in [1.165, 1.54) is 32.9 Å². The molecule has 1 heteroatoms. The summed E-state index contributed by atoms with van der Waals surface area (Å²) in [4.78, 5) is 3.45. The third kappa shape index (κ3) is 1.54. The highest BCUT2D eigenvalue weighted by Gasteiger charge is 2.10. The molecule has 17 heavy (non-hydrogen) atoms. The molecule has 1 aromatic heterocycles. The Bertz CT molecular complexity index is 689. The summed E-state index contributed by atoms with van der Waals surface area (Å²) in [5, 5.41) is 4.08. The predicted octanol–water partition coefficient (Wildman–Crippen LogP) is 4.75. The Morgan fingerprint density at radius 3 is 2.35 bits per heavy atom. The van der Waals surface area contributed by atoms with Gasteiger partial charge in [0.1, 0.15) is 0 Å². The minimum atomic E-state index is 0.549. The molecule has 0 radical (unpaired) electrons. The highest BCUT2D eigenvalue weighted by atomic mass is 14.7. The van der Waals surface area contributed by atoms with E-state index in [2.05, 4.69) is 62.2 Å². The molecule has 0 aliphatic rings. The number of H-pyrrole nitrogens is 1. The first kappa shape index (κ1) is 10.4. The van der Waals surface area contributed by atoms with Gasteiger partial charge in [0.15, 0.2) is 0 Å². The first-order valence-electron chi connectivity index (χ1n) is 6.18. The van der Waals surface area contributed by atoms with Crippen LogP contribution in [0.5, 0.6) is 0 Å². The Morgan fingerprint density at radius 2 is 1.65 bits per heavy atom. The molecule has 0 atom stereocenters. The lowest BCUT2D eigenvalue weighted by molar-refractivity contribution is 0.877. The smallest absolute Gasteiger partial charge is 0.0465 e. The molecule has 0 saturated carbocycles. The van der Waals surface area contributed by atoms with E-state index in [4.69, 9.17) is 0 Å². The van der Waals surface area contributed by atoms with Crippen LogP contribution in [0, 0.1) is 6.92 Å². The van der Waals surface area contributed by atoms with Gasteiger partial charge in [-0.25, -0.2) is 0 Å². The molecule has 3 aromatic rings. The molecule has 0 unspecified atom stereocenters. The predicted molar refractivity (Wildman–Crippen MR) is 74.6 cm³/mol. The summed E-state index contributed by atoms with van der Waals surface area (Å²) in [5.74, 6) is 0.549. The fourth-order valence-corrected chi connectivity index (χ4v) is 2.63. The van der Waals surface area contributed by atoms with Crippen LogP contribution in [0.15, 0.2) is 36.4 Å². The first-order chi connectivity index (χ1) is 8.16. The van der Waals surface area contributed by atoms with Gasteiger partial charge in [0.05, 0.1) is 0 Å². The SMILES string of the molecule is Cc1cc2c(cc(C(C)C)c3ccccc32)[nH]1. The zero-order valence-electron chi connectivity index (χ0n) is 10.5. The number of hydrogen-bond acceptors (Lipinski definition) is 0. The van der Waals surface area contributed by atoms with E-state index >= 15 is 0 Å². The lowest BCUT2D eigenvalue weighted by atomic mass is 9.94. The molecule has 0 amide bonds. The van der Waals surface area contributed by atoms with E-state index in [0.717, 1.165) is 0 Å². The molecule has 0 aliphatic heterocycles. The van der Waals surface area contributed by atoms with Gasteiger partial charge in [-0.2, -0.15) is 0 Å². The Labute approximate surface area is 101 Å². The minimum Gasteiger partial charge on any atom is -0.359 e. The molecule has 1 N–H and O–H groups in total. The van der Waals surface area contributed by atoms with Crippen LogP contribution in [-0.4, -0.2) is 4.98 Å². The molecule has 1 nitrogen and oxygen atoms in total. The van der Waals surface area contributed by atoms with Crippen molar-refractivity contribution in [2.75, 3.05) is 0 Å². The molecular formula is C16H17N. The van der Waals surface area contributed by atoms with Gasteiger partial charge in [0.2, 0.25) is 0 Å². The Morgan fingerprint density at radius 1 is 0.941 bits per heavy atom. The number of aromatic amines is 1. The summed E-state index contributed by atoms with van der Waals surface area (Å²) in [6.07, 6.45) is 0. The van der Waals surface area contributed by atoms with Crippen LogP contribution in [0.4, 0.5) is 0 Å². The lowest BCUT2D eigenvalue weighted by Gasteiger charge is -2.11. The van der Waals surface area contributed by atoms with Gasteiger partial charge in [-0.1, -0.05) is 38.1 Å².